The summed E-state index contributed by atoms with van der Waals surface area (Å²) in [4.78, 5) is 21.2. The number of rotatable bonds is 9. The number of hydrogen-bond donors (Lipinski definition) is 1. The molecule has 0 unspecified atom stereocenters. The SMILES string of the molecule is Cc1ccc(NC(=O)c2ccnc(C(F)(F)F)c2)cc1-c1cc(OCCO[Si](C)(C)C(C)(C)C)nc([C@@]23CCOC[C@@H]2C3)c1. The normalized spacial score (nSPS) is 20.2. The molecular formula is C33H40F3N3O4Si. The Labute approximate surface area is 257 Å². The molecule has 3 aromatic rings. The zero-order valence-corrected chi connectivity index (χ0v) is 27.1. The second-order valence-electron chi connectivity index (χ2n) is 13.3. The van der Waals surface area contributed by atoms with Crippen LogP contribution >= 0.6 is 0 Å². The van der Waals surface area contributed by atoms with Gasteiger partial charge in [0, 0.05) is 35.5 Å². The molecular weight excluding hydrogens is 587 g/mol. The van der Waals surface area contributed by atoms with Gasteiger partial charge in [-0.3, -0.25) is 9.78 Å². The molecule has 1 saturated carbocycles. The van der Waals surface area contributed by atoms with Crippen molar-refractivity contribution in [3.05, 3.63) is 71.2 Å². The van der Waals surface area contributed by atoms with E-state index >= 15 is 0 Å². The Balaban J connectivity index is 1.41. The summed E-state index contributed by atoms with van der Waals surface area (Å²) in [5, 5.41) is 2.84. The van der Waals surface area contributed by atoms with Crippen molar-refractivity contribution in [3.63, 3.8) is 0 Å². The summed E-state index contributed by atoms with van der Waals surface area (Å²) < 4.78 is 57.6. The smallest absolute Gasteiger partial charge is 0.433 e. The molecule has 236 valence electrons. The Kier molecular flexibility index (Phi) is 8.69. The topological polar surface area (TPSA) is 82.6 Å². The van der Waals surface area contributed by atoms with E-state index in [4.69, 9.17) is 18.9 Å². The number of anilines is 1. The van der Waals surface area contributed by atoms with Crippen molar-refractivity contribution in [2.24, 2.45) is 5.92 Å². The van der Waals surface area contributed by atoms with Gasteiger partial charge in [-0.05, 0) is 90.8 Å². The molecule has 7 nitrogen and oxygen atoms in total. The molecule has 2 aliphatic rings. The van der Waals surface area contributed by atoms with E-state index in [2.05, 4.69) is 50.2 Å². The summed E-state index contributed by atoms with van der Waals surface area (Å²) in [5.74, 6) is 0.270. The molecule has 1 aliphatic carbocycles. The predicted octanol–water partition coefficient (Wildman–Crippen LogP) is 7.80. The van der Waals surface area contributed by atoms with E-state index < -0.39 is 26.1 Å². The van der Waals surface area contributed by atoms with Crippen molar-refractivity contribution in [1.82, 2.24) is 9.97 Å². The Hall–Kier alpha value is -3.28. The third kappa shape index (κ3) is 6.84. The molecule has 11 heteroatoms. The van der Waals surface area contributed by atoms with E-state index in [1.165, 1.54) is 6.07 Å². The maximum atomic E-state index is 13.1. The second-order valence-corrected chi connectivity index (χ2v) is 18.1. The van der Waals surface area contributed by atoms with Crippen LogP contribution in [0.1, 0.15) is 60.9 Å². The third-order valence-corrected chi connectivity index (χ3v) is 13.8. The van der Waals surface area contributed by atoms with Crippen LogP contribution in [0.5, 0.6) is 5.88 Å². The summed E-state index contributed by atoms with van der Waals surface area (Å²) in [6, 6.07) is 11.4. The van der Waals surface area contributed by atoms with Gasteiger partial charge in [0.1, 0.15) is 12.3 Å². The monoisotopic (exact) mass is 627 g/mol. The average Bonchev–Trinajstić information content (AvgIpc) is 3.72. The maximum Gasteiger partial charge on any atom is 0.433 e. The van der Waals surface area contributed by atoms with Gasteiger partial charge in [-0.25, -0.2) is 4.98 Å². The number of nitrogens with zero attached hydrogens (tertiary/aromatic N) is 2. The molecule has 1 N–H and O–H groups in total. The minimum absolute atomic E-state index is 0.0404. The van der Waals surface area contributed by atoms with Crippen molar-refractivity contribution in [2.45, 2.75) is 70.3 Å². The number of carbonyl (C=O) groups excluding carboxylic acids is 1. The third-order valence-electron chi connectivity index (χ3n) is 9.28. The van der Waals surface area contributed by atoms with Gasteiger partial charge in [-0.1, -0.05) is 26.8 Å². The number of halogens is 3. The minimum Gasteiger partial charge on any atom is -0.475 e. The van der Waals surface area contributed by atoms with Crippen molar-refractivity contribution in [3.8, 4) is 17.0 Å². The molecule has 1 saturated heterocycles. The zero-order valence-electron chi connectivity index (χ0n) is 26.1. The lowest BCUT2D eigenvalue weighted by Crippen LogP contribution is -2.41. The lowest BCUT2D eigenvalue weighted by atomic mass is 9.90. The molecule has 1 aliphatic heterocycles. The molecule has 0 radical (unpaired) electrons. The summed E-state index contributed by atoms with van der Waals surface area (Å²) in [7, 11) is -1.92. The average molecular weight is 628 g/mol. The number of amides is 1. The number of hydrogen-bond acceptors (Lipinski definition) is 6. The first-order valence-corrected chi connectivity index (χ1v) is 17.8. The molecule has 1 aromatic carbocycles. The van der Waals surface area contributed by atoms with Gasteiger partial charge >= 0.3 is 6.18 Å². The molecule has 0 spiro atoms. The number of carbonyl (C=O) groups is 1. The van der Waals surface area contributed by atoms with Crippen LogP contribution in [0.4, 0.5) is 18.9 Å². The van der Waals surface area contributed by atoms with Crippen molar-refractivity contribution >= 4 is 19.9 Å². The minimum atomic E-state index is -4.65. The number of ether oxygens (including phenoxy) is 2. The number of fused-ring (bicyclic) bond motifs is 1. The first-order chi connectivity index (χ1) is 20.6. The van der Waals surface area contributed by atoms with Crippen LogP contribution in [0.3, 0.4) is 0 Å². The molecule has 2 fully saturated rings. The van der Waals surface area contributed by atoms with Crippen LogP contribution in [0.25, 0.3) is 11.1 Å². The van der Waals surface area contributed by atoms with Crippen molar-refractivity contribution in [2.75, 3.05) is 31.7 Å². The van der Waals surface area contributed by atoms with Gasteiger partial charge in [-0.2, -0.15) is 13.2 Å². The standard InChI is InChI=1S/C33H40F3N3O4Si/c1-21-7-8-25(38-30(40)22-9-11-37-28(15-22)33(34,35)36)18-26(21)23-16-27(32-10-12-41-20-24(32)19-32)39-29(17-23)42-13-14-43-44(5,6)31(2,3)4/h7-9,11,15-18,24H,10,12-14,19-20H2,1-6H3,(H,38,40)/t24-,32+/m0/s1. The van der Waals surface area contributed by atoms with Crippen LogP contribution in [0.15, 0.2) is 48.7 Å². The number of aromatic nitrogens is 2. The van der Waals surface area contributed by atoms with E-state index in [1.54, 1.807) is 6.07 Å². The lowest BCUT2D eigenvalue weighted by molar-refractivity contribution is -0.141. The summed E-state index contributed by atoms with van der Waals surface area (Å²) in [6.45, 7) is 15.2. The van der Waals surface area contributed by atoms with Crippen LogP contribution in [-0.4, -0.2) is 50.6 Å². The Morgan fingerprint density at radius 3 is 2.59 bits per heavy atom. The molecule has 2 aromatic heterocycles. The Bertz CT molecular complexity index is 1540. The first kappa shape index (κ1) is 32.1. The fourth-order valence-corrected chi connectivity index (χ4v) is 6.44. The first-order valence-electron chi connectivity index (χ1n) is 14.9. The number of benzene rings is 1. The number of pyridine rings is 2. The quantitative estimate of drug-likeness (QED) is 0.193. The predicted molar refractivity (Wildman–Crippen MR) is 165 cm³/mol. The lowest BCUT2D eigenvalue weighted by Gasteiger charge is -2.36. The van der Waals surface area contributed by atoms with Crippen LogP contribution in [0.2, 0.25) is 18.1 Å². The number of alkyl halides is 3. The molecule has 5 rings (SSSR count). The highest BCUT2D eigenvalue weighted by Crippen LogP contribution is 2.58. The van der Waals surface area contributed by atoms with E-state index in [0.29, 0.717) is 43.9 Å². The summed E-state index contributed by atoms with van der Waals surface area (Å²) in [6.07, 6.45) is -1.76. The molecule has 3 heterocycles. The number of nitrogens with one attached hydrogen (secondary N) is 1. The highest BCUT2D eigenvalue weighted by molar-refractivity contribution is 6.74. The molecule has 44 heavy (non-hydrogen) atoms. The van der Waals surface area contributed by atoms with Gasteiger partial charge in [0.25, 0.3) is 5.91 Å². The van der Waals surface area contributed by atoms with Crippen LogP contribution in [-0.2, 0) is 20.8 Å². The second kappa shape index (κ2) is 11.9. The fraction of sp³-hybridized carbons (Fsp3) is 0.485. The zero-order chi connectivity index (χ0) is 31.9. The number of aryl methyl sites for hydroxylation is 1. The van der Waals surface area contributed by atoms with Gasteiger partial charge in [0.15, 0.2) is 8.32 Å². The van der Waals surface area contributed by atoms with Crippen molar-refractivity contribution in [1.29, 1.82) is 0 Å². The molecule has 2 atom stereocenters. The van der Waals surface area contributed by atoms with Crippen LogP contribution < -0.4 is 10.1 Å². The summed E-state index contributed by atoms with van der Waals surface area (Å²) >= 11 is 0. The molecule has 0 bridgehead atoms. The van der Waals surface area contributed by atoms with Crippen molar-refractivity contribution < 1.29 is 31.9 Å². The highest BCUT2D eigenvalue weighted by Gasteiger charge is 2.58. The Morgan fingerprint density at radius 2 is 1.89 bits per heavy atom. The van der Waals surface area contributed by atoms with Gasteiger partial charge in [0.05, 0.1) is 18.9 Å². The van der Waals surface area contributed by atoms with E-state index in [-0.39, 0.29) is 16.0 Å². The highest BCUT2D eigenvalue weighted by atomic mass is 28.4. The van der Waals surface area contributed by atoms with E-state index in [1.807, 2.05) is 25.1 Å². The summed E-state index contributed by atoms with van der Waals surface area (Å²) in [5.41, 5.74) is 2.85. The van der Waals surface area contributed by atoms with E-state index in [0.717, 1.165) is 47.5 Å². The maximum absolute atomic E-state index is 13.1. The largest absolute Gasteiger partial charge is 0.475 e. The van der Waals surface area contributed by atoms with Gasteiger partial charge in [0.2, 0.25) is 5.88 Å². The molecule has 1 amide bonds. The van der Waals surface area contributed by atoms with Gasteiger partial charge < -0.3 is 19.2 Å². The Morgan fingerprint density at radius 1 is 1.11 bits per heavy atom. The van der Waals surface area contributed by atoms with E-state index in [9.17, 15) is 18.0 Å². The fourth-order valence-electron chi connectivity index (χ4n) is 5.42. The van der Waals surface area contributed by atoms with Gasteiger partial charge in [-0.15, -0.1) is 0 Å². The van der Waals surface area contributed by atoms with Crippen LogP contribution in [0, 0.1) is 12.8 Å².